The predicted molar refractivity (Wildman–Crippen MR) is 168 cm³/mol. The number of hydrogen-bond acceptors (Lipinski definition) is 10. The number of esters is 1. The largest absolute Gasteiger partial charge is 0.457 e. The predicted octanol–water partition coefficient (Wildman–Crippen LogP) is 3.69. The molecule has 3 saturated heterocycles. The van der Waals surface area contributed by atoms with Gasteiger partial charge in [-0.05, 0) is 116 Å². The average Bonchev–Trinajstić information content (AvgIpc) is 3.53. The Morgan fingerprint density at radius 3 is 2.26 bits per heavy atom. The van der Waals surface area contributed by atoms with E-state index in [-0.39, 0.29) is 57.7 Å². The fourth-order valence-corrected chi connectivity index (χ4v) is 14.3. The van der Waals surface area contributed by atoms with E-state index in [1.165, 1.54) is 19.8 Å². The second kappa shape index (κ2) is 9.93. The topological polar surface area (TPSA) is 144 Å². The lowest BCUT2D eigenvalue weighted by Gasteiger charge is -2.63. The lowest BCUT2D eigenvalue weighted by atomic mass is 9.41. The molecule has 2 spiro atoms. The van der Waals surface area contributed by atoms with E-state index in [4.69, 9.17) is 23.7 Å². The second-order valence-electron chi connectivity index (χ2n) is 18.9. The van der Waals surface area contributed by atoms with Crippen LogP contribution in [0.15, 0.2) is 0 Å². The highest BCUT2D eigenvalue weighted by atomic mass is 16.7. The van der Waals surface area contributed by atoms with E-state index in [1.807, 2.05) is 13.8 Å². The molecule has 3 aliphatic heterocycles. The summed E-state index contributed by atoms with van der Waals surface area (Å²) in [7, 11) is 0. The quantitative estimate of drug-likeness (QED) is 0.261. The molecule has 8 fully saturated rings. The first-order chi connectivity index (χ1) is 21.8. The SMILES string of the molecule is CC(=O)O[C@@H]1[C@@H](O)[C@H](O[C@H]2CC[C@]34C[C@]35CC[C@]3(C)[C@H]6[C@H](C)[C@H]7OC(C)(C)[C@@H](O)[C@]7(O)O[C@H]6C[C@@]3(C)[C@@H]5CC[C@H]4C2(C)C)OC[C@H]1O. The number of aliphatic hydroxyl groups is 4. The molecule has 8 aliphatic rings. The van der Waals surface area contributed by atoms with Gasteiger partial charge in [-0.2, -0.15) is 0 Å². The summed E-state index contributed by atoms with van der Waals surface area (Å²) < 4.78 is 30.6. The number of carbonyl (C=O) groups excluding carboxylic acids is 1. The fraction of sp³-hybridized carbons (Fsp3) is 0.973. The van der Waals surface area contributed by atoms with Crippen molar-refractivity contribution in [2.75, 3.05) is 6.61 Å². The summed E-state index contributed by atoms with van der Waals surface area (Å²) in [5.74, 6) is -0.900. The number of aliphatic hydroxyl groups excluding tert-OH is 3. The van der Waals surface area contributed by atoms with Crippen LogP contribution in [0.3, 0.4) is 0 Å². The van der Waals surface area contributed by atoms with E-state index in [9.17, 15) is 25.2 Å². The van der Waals surface area contributed by atoms with E-state index < -0.39 is 54.2 Å². The van der Waals surface area contributed by atoms with Crippen molar-refractivity contribution in [3.63, 3.8) is 0 Å². The number of hydrogen-bond donors (Lipinski definition) is 4. The third kappa shape index (κ3) is 3.99. The van der Waals surface area contributed by atoms with Gasteiger partial charge in [-0.15, -0.1) is 0 Å². The van der Waals surface area contributed by atoms with Crippen LogP contribution in [0.4, 0.5) is 0 Å². The Hall–Kier alpha value is -0.850. The molecule has 0 aromatic heterocycles. The zero-order valence-corrected chi connectivity index (χ0v) is 29.5. The summed E-state index contributed by atoms with van der Waals surface area (Å²) in [5, 5.41) is 44.3. The molecule has 10 nitrogen and oxygen atoms in total. The summed E-state index contributed by atoms with van der Waals surface area (Å²) in [4.78, 5) is 11.7. The molecule has 0 radical (unpaired) electrons. The van der Waals surface area contributed by atoms with Gasteiger partial charge in [0.1, 0.15) is 24.4 Å². The number of carbonyl (C=O) groups is 1. The van der Waals surface area contributed by atoms with E-state index >= 15 is 0 Å². The van der Waals surface area contributed by atoms with Gasteiger partial charge >= 0.3 is 5.97 Å². The Balaban J connectivity index is 1.03. The molecule has 3 heterocycles. The zero-order valence-electron chi connectivity index (χ0n) is 29.5. The molecule has 8 rings (SSSR count). The van der Waals surface area contributed by atoms with Crippen LogP contribution in [0.1, 0.15) is 107 Å². The lowest BCUT2D eigenvalue weighted by Crippen LogP contribution is -2.63. The molecule has 0 amide bonds. The molecule has 17 atom stereocenters. The molecular weight excluding hydrogens is 604 g/mol. The maximum atomic E-state index is 11.8. The Bertz CT molecular complexity index is 1320. The smallest absolute Gasteiger partial charge is 0.303 e. The number of rotatable bonds is 3. The molecule has 47 heavy (non-hydrogen) atoms. The van der Waals surface area contributed by atoms with Gasteiger partial charge < -0.3 is 44.1 Å². The van der Waals surface area contributed by atoms with Crippen LogP contribution < -0.4 is 0 Å². The maximum Gasteiger partial charge on any atom is 0.303 e. The van der Waals surface area contributed by atoms with Crippen LogP contribution in [-0.2, 0) is 28.5 Å². The van der Waals surface area contributed by atoms with Crippen molar-refractivity contribution >= 4 is 5.97 Å². The van der Waals surface area contributed by atoms with Crippen LogP contribution in [0.5, 0.6) is 0 Å². The summed E-state index contributed by atoms with van der Waals surface area (Å²) >= 11 is 0. The Morgan fingerprint density at radius 1 is 0.872 bits per heavy atom. The van der Waals surface area contributed by atoms with Crippen molar-refractivity contribution in [1.82, 2.24) is 0 Å². The molecule has 5 aliphatic carbocycles. The Labute approximate surface area is 279 Å². The first kappa shape index (κ1) is 33.3. The maximum absolute atomic E-state index is 11.8. The van der Waals surface area contributed by atoms with Gasteiger partial charge in [0.25, 0.3) is 0 Å². The highest BCUT2D eigenvalue weighted by Crippen LogP contribution is 2.89. The first-order valence-electron chi connectivity index (χ1n) is 18.4. The zero-order chi connectivity index (χ0) is 33.9. The second-order valence-corrected chi connectivity index (χ2v) is 18.9. The van der Waals surface area contributed by atoms with Gasteiger partial charge in [-0.25, -0.2) is 0 Å². The first-order valence-corrected chi connectivity index (χ1v) is 18.4. The fourth-order valence-electron chi connectivity index (χ4n) is 14.3. The van der Waals surface area contributed by atoms with E-state index in [2.05, 4.69) is 34.6 Å². The minimum atomic E-state index is -1.69. The molecule has 266 valence electrons. The van der Waals surface area contributed by atoms with Crippen LogP contribution in [0, 0.1) is 50.7 Å². The van der Waals surface area contributed by atoms with Gasteiger partial charge in [0.2, 0.25) is 5.79 Å². The Morgan fingerprint density at radius 2 is 1.55 bits per heavy atom. The van der Waals surface area contributed by atoms with Gasteiger partial charge in [0, 0.05) is 6.92 Å². The monoisotopic (exact) mass is 662 g/mol. The molecule has 0 bridgehead atoms. The molecule has 4 N–H and O–H groups in total. The number of fused-ring (bicyclic) bond motifs is 5. The van der Waals surface area contributed by atoms with Crippen molar-refractivity contribution in [2.45, 2.75) is 167 Å². The van der Waals surface area contributed by atoms with Crippen LogP contribution in [0.25, 0.3) is 0 Å². The molecule has 0 aromatic rings. The standard InChI is InChI=1S/C37H58O10/c1-18-25-21(46-37(42)28(18)47-32(5,6)30(37)41)15-34(8)23-10-9-22-31(3,4)24(11-12-35(22)17-36(23,35)14-13-33(25,34)7)45-29-26(40)27(44-19(2)38)20(39)16-43-29/h18,20-30,39-42H,9-17H2,1-8H3/t18-,20+,21-,22-,23-,24-,25-,26+,27-,28+,29-,30+,33+,34-,35+,36-,37+/m0/s1. The van der Waals surface area contributed by atoms with Crippen molar-refractivity contribution in [1.29, 1.82) is 0 Å². The highest BCUT2D eigenvalue weighted by Gasteiger charge is 2.84. The van der Waals surface area contributed by atoms with Crippen molar-refractivity contribution in [2.24, 2.45) is 50.7 Å². The molecular formula is C37H58O10. The summed E-state index contributed by atoms with van der Waals surface area (Å²) in [5.41, 5.74) is -0.410. The van der Waals surface area contributed by atoms with E-state index in [0.29, 0.717) is 11.8 Å². The minimum Gasteiger partial charge on any atom is -0.457 e. The normalized spacial score (nSPS) is 59.8. The highest BCUT2D eigenvalue weighted by molar-refractivity contribution is 5.66. The van der Waals surface area contributed by atoms with E-state index in [1.54, 1.807) is 0 Å². The minimum absolute atomic E-state index is 0.0410. The third-order valence-corrected chi connectivity index (χ3v) is 16.4. The van der Waals surface area contributed by atoms with Gasteiger partial charge in [0.05, 0.1) is 24.4 Å². The van der Waals surface area contributed by atoms with Gasteiger partial charge in [0.15, 0.2) is 12.4 Å². The van der Waals surface area contributed by atoms with Crippen molar-refractivity contribution in [3.8, 4) is 0 Å². The van der Waals surface area contributed by atoms with Crippen LogP contribution in [0.2, 0.25) is 0 Å². The van der Waals surface area contributed by atoms with Crippen molar-refractivity contribution in [3.05, 3.63) is 0 Å². The average molecular weight is 663 g/mol. The van der Waals surface area contributed by atoms with Crippen molar-refractivity contribution < 1.29 is 48.9 Å². The van der Waals surface area contributed by atoms with Gasteiger partial charge in [-0.1, -0.05) is 34.6 Å². The van der Waals surface area contributed by atoms with Crippen LogP contribution >= 0.6 is 0 Å². The number of ether oxygens (including phenoxy) is 5. The lowest BCUT2D eigenvalue weighted by molar-refractivity contribution is -0.327. The van der Waals surface area contributed by atoms with Gasteiger partial charge in [-0.3, -0.25) is 4.79 Å². The van der Waals surface area contributed by atoms with Crippen LogP contribution in [-0.4, -0.2) is 93.4 Å². The molecule has 0 unspecified atom stereocenters. The third-order valence-electron chi connectivity index (χ3n) is 16.4. The summed E-state index contributed by atoms with van der Waals surface area (Å²) in [6.45, 7) is 16.8. The summed E-state index contributed by atoms with van der Waals surface area (Å²) in [6, 6.07) is 0. The van der Waals surface area contributed by atoms with E-state index in [0.717, 1.165) is 38.5 Å². The Kier molecular flexibility index (Phi) is 7.03. The molecule has 5 saturated carbocycles. The molecule has 10 heteroatoms. The summed E-state index contributed by atoms with van der Waals surface area (Å²) in [6.07, 6.45) is 2.36. The molecule has 0 aromatic carbocycles.